The molecule has 1 aromatic rings. The summed E-state index contributed by atoms with van der Waals surface area (Å²) in [4.78, 5) is 0. The highest BCUT2D eigenvalue weighted by molar-refractivity contribution is 5.85. The molecular formula is C8H11ClFNO3. The number of nitrogens with two attached hydrogens (primary N) is 1. The highest BCUT2D eigenvalue weighted by atomic mass is 35.5. The molecule has 0 aliphatic rings. The topological polar surface area (TPSA) is 86.7 Å². The minimum Gasteiger partial charge on any atom is -0.504 e. The predicted molar refractivity (Wildman–Crippen MR) is 51.0 cm³/mol. The lowest BCUT2D eigenvalue weighted by molar-refractivity contribution is 0.185. The molecule has 80 valence electrons. The fraction of sp³-hybridized carbons (Fsp3) is 0.250. The van der Waals surface area contributed by atoms with Gasteiger partial charge in [-0.1, -0.05) is 0 Å². The monoisotopic (exact) mass is 223 g/mol. The minimum atomic E-state index is -1.04. The first kappa shape index (κ1) is 13.0. The lowest BCUT2D eigenvalue weighted by Gasteiger charge is -2.09. The lowest BCUT2D eigenvalue weighted by atomic mass is 10.1. The Morgan fingerprint density at radius 2 is 1.93 bits per heavy atom. The van der Waals surface area contributed by atoms with E-state index >= 15 is 0 Å². The van der Waals surface area contributed by atoms with Crippen molar-refractivity contribution in [2.24, 2.45) is 5.73 Å². The second-order valence-electron chi connectivity index (χ2n) is 2.62. The van der Waals surface area contributed by atoms with E-state index in [2.05, 4.69) is 0 Å². The molecule has 0 fully saturated rings. The molecule has 5 N–H and O–H groups in total. The average molecular weight is 224 g/mol. The molecule has 0 radical (unpaired) electrons. The van der Waals surface area contributed by atoms with Crippen molar-refractivity contribution in [3.63, 3.8) is 0 Å². The summed E-state index contributed by atoms with van der Waals surface area (Å²) >= 11 is 0. The number of hydrogen-bond donors (Lipinski definition) is 4. The standard InChI is InChI=1S/C8H10FNO3.ClH/c9-5-1-4(7(12)3-10)2-6(11)8(5)13;/h1-2,7,11-13H,3,10H2;1H. The van der Waals surface area contributed by atoms with E-state index in [1.165, 1.54) is 0 Å². The molecule has 0 bridgehead atoms. The number of phenols is 2. The first-order valence-electron chi connectivity index (χ1n) is 3.65. The second kappa shape index (κ2) is 4.99. The number of phenolic OH excluding ortho intramolecular Hbond substituents is 2. The van der Waals surface area contributed by atoms with Gasteiger partial charge in [0.15, 0.2) is 17.3 Å². The van der Waals surface area contributed by atoms with E-state index in [0.29, 0.717) is 0 Å². The fourth-order valence-corrected chi connectivity index (χ4v) is 0.933. The minimum absolute atomic E-state index is 0. The molecule has 0 saturated carbocycles. The molecule has 0 spiro atoms. The summed E-state index contributed by atoms with van der Waals surface area (Å²) in [5.41, 5.74) is 5.26. The van der Waals surface area contributed by atoms with Crippen molar-refractivity contribution < 1.29 is 19.7 Å². The van der Waals surface area contributed by atoms with Crippen LogP contribution in [0.1, 0.15) is 11.7 Å². The molecule has 1 aromatic carbocycles. The van der Waals surface area contributed by atoms with Crippen LogP contribution in [0.2, 0.25) is 0 Å². The predicted octanol–water partition coefficient (Wildman–Crippen LogP) is 0.651. The Morgan fingerprint density at radius 1 is 1.36 bits per heavy atom. The molecular weight excluding hydrogens is 213 g/mol. The highest BCUT2D eigenvalue weighted by Crippen LogP contribution is 2.30. The molecule has 0 heterocycles. The van der Waals surface area contributed by atoms with Crippen LogP contribution in [0.4, 0.5) is 4.39 Å². The number of aliphatic hydroxyl groups excluding tert-OH is 1. The summed E-state index contributed by atoms with van der Waals surface area (Å²) in [5, 5.41) is 27.0. The lowest BCUT2D eigenvalue weighted by Crippen LogP contribution is -2.11. The van der Waals surface area contributed by atoms with E-state index in [1.807, 2.05) is 0 Å². The molecule has 1 rings (SSSR count). The Morgan fingerprint density at radius 3 is 2.36 bits per heavy atom. The van der Waals surface area contributed by atoms with Crippen molar-refractivity contribution in [3.8, 4) is 11.5 Å². The van der Waals surface area contributed by atoms with E-state index in [0.717, 1.165) is 12.1 Å². The summed E-state index contributed by atoms with van der Waals surface area (Å²) in [6.07, 6.45) is -1.04. The number of rotatable bonds is 2. The summed E-state index contributed by atoms with van der Waals surface area (Å²) in [6, 6.07) is 1.99. The fourth-order valence-electron chi connectivity index (χ4n) is 0.933. The van der Waals surface area contributed by atoms with Crippen LogP contribution in [0, 0.1) is 5.82 Å². The maximum absolute atomic E-state index is 12.8. The molecule has 4 nitrogen and oxygen atoms in total. The molecule has 6 heteroatoms. The maximum atomic E-state index is 12.8. The zero-order valence-corrected chi connectivity index (χ0v) is 7.96. The smallest absolute Gasteiger partial charge is 0.194 e. The van der Waals surface area contributed by atoms with Crippen LogP contribution in [0.25, 0.3) is 0 Å². The summed E-state index contributed by atoms with van der Waals surface area (Å²) < 4.78 is 12.8. The Kier molecular flexibility index (Phi) is 4.62. The summed E-state index contributed by atoms with van der Waals surface area (Å²) in [7, 11) is 0. The van der Waals surface area contributed by atoms with E-state index in [4.69, 9.17) is 15.9 Å². The van der Waals surface area contributed by atoms with Crippen LogP contribution < -0.4 is 5.73 Å². The van der Waals surface area contributed by atoms with Crippen molar-refractivity contribution in [1.82, 2.24) is 0 Å². The van der Waals surface area contributed by atoms with Gasteiger partial charge in [0.05, 0.1) is 6.10 Å². The van der Waals surface area contributed by atoms with Crippen LogP contribution in [0.5, 0.6) is 11.5 Å². The van der Waals surface area contributed by atoms with Gasteiger partial charge in [0, 0.05) is 6.54 Å². The number of hydrogen-bond acceptors (Lipinski definition) is 4. The van der Waals surface area contributed by atoms with Gasteiger partial charge in [0.25, 0.3) is 0 Å². The number of benzene rings is 1. The van der Waals surface area contributed by atoms with Gasteiger partial charge in [0.2, 0.25) is 0 Å². The van der Waals surface area contributed by atoms with E-state index in [-0.39, 0.29) is 24.5 Å². The van der Waals surface area contributed by atoms with Gasteiger partial charge in [-0.15, -0.1) is 12.4 Å². The second-order valence-corrected chi connectivity index (χ2v) is 2.62. The third kappa shape index (κ3) is 2.47. The van der Waals surface area contributed by atoms with Gasteiger partial charge < -0.3 is 21.1 Å². The van der Waals surface area contributed by atoms with Crippen molar-refractivity contribution in [1.29, 1.82) is 0 Å². The van der Waals surface area contributed by atoms with Crippen molar-refractivity contribution >= 4 is 12.4 Å². The van der Waals surface area contributed by atoms with Gasteiger partial charge >= 0.3 is 0 Å². The Bertz CT molecular complexity index is 298. The first-order chi connectivity index (χ1) is 6.06. The Labute approximate surface area is 86.2 Å². The van der Waals surface area contributed by atoms with Gasteiger partial charge in [-0.25, -0.2) is 4.39 Å². The Hall–Kier alpha value is -1.04. The molecule has 0 saturated heterocycles. The van der Waals surface area contributed by atoms with Crippen LogP contribution >= 0.6 is 12.4 Å². The van der Waals surface area contributed by atoms with Gasteiger partial charge in [-0.2, -0.15) is 0 Å². The van der Waals surface area contributed by atoms with Gasteiger partial charge in [0.1, 0.15) is 0 Å². The molecule has 0 amide bonds. The number of aromatic hydroxyl groups is 2. The van der Waals surface area contributed by atoms with Crippen LogP contribution in [-0.4, -0.2) is 21.9 Å². The maximum Gasteiger partial charge on any atom is 0.194 e. The van der Waals surface area contributed by atoms with E-state index < -0.39 is 23.4 Å². The van der Waals surface area contributed by atoms with Crippen molar-refractivity contribution in [3.05, 3.63) is 23.5 Å². The molecule has 0 aliphatic carbocycles. The van der Waals surface area contributed by atoms with Gasteiger partial charge in [-0.05, 0) is 17.7 Å². The SMILES string of the molecule is Cl.NCC(O)c1cc(O)c(O)c(F)c1. The molecule has 0 aromatic heterocycles. The highest BCUT2D eigenvalue weighted by Gasteiger charge is 2.12. The molecule has 1 unspecified atom stereocenters. The Balaban J connectivity index is 0.00000169. The van der Waals surface area contributed by atoms with E-state index in [9.17, 15) is 9.50 Å². The largest absolute Gasteiger partial charge is 0.504 e. The molecule has 0 aliphatic heterocycles. The van der Waals surface area contributed by atoms with Crippen LogP contribution in [0.3, 0.4) is 0 Å². The van der Waals surface area contributed by atoms with E-state index in [1.54, 1.807) is 0 Å². The quantitative estimate of drug-likeness (QED) is 0.555. The number of aliphatic hydroxyl groups is 1. The summed E-state index contributed by atoms with van der Waals surface area (Å²) in [6.45, 7) is -0.0797. The van der Waals surface area contributed by atoms with Gasteiger partial charge in [-0.3, -0.25) is 0 Å². The molecule has 1 atom stereocenters. The van der Waals surface area contributed by atoms with Crippen LogP contribution in [0.15, 0.2) is 12.1 Å². The zero-order chi connectivity index (χ0) is 10.0. The summed E-state index contributed by atoms with van der Waals surface area (Å²) in [5.74, 6) is -2.42. The average Bonchev–Trinajstić information content (AvgIpc) is 2.12. The third-order valence-electron chi connectivity index (χ3n) is 1.67. The van der Waals surface area contributed by atoms with Crippen molar-refractivity contribution in [2.45, 2.75) is 6.10 Å². The van der Waals surface area contributed by atoms with Crippen molar-refractivity contribution in [2.75, 3.05) is 6.54 Å². The molecule has 14 heavy (non-hydrogen) atoms. The zero-order valence-electron chi connectivity index (χ0n) is 7.14. The first-order valence-corrected chi connectivity index (χ1v) is 3.65. The third-order valence-corrected chi connectivity index (χ3v) is 1.67. The number of halogens is 2. The normalized spacial score (nSPS) is 11.9. The van der Waals surface area contributed by atoms with Crippen LogP contribution in [-0.2, 0) is 0 Å².